The SMILES string of the molecule is COC(=O)Cc1csc(CNC(=O)OCc2cccnc2)n1. The monoisotopic (exact) mass is 321 g/mol. The van der Waals surface area contributed by atoms with Crippen molar-refractivity contribution in [2.24, 2.45) is 0 Å². The zero-order chi connectivity index (χ0) is 15.8. The molecule has 0 radical (unpaired) electrons. The maximum absolute atomic E-state index is 11.6. The molecule has 1 N–H and O–H groups in total. The zero-order valence-electron chi connectivity index (χ0n) is 11.9. The Morgan fingerprint density at radius 2 is 2.27 bits per heavy atom. The van der Waals surface area contributed by atoms with Crippen molar-refractivity contribution in [3.8, 4) is 0 Å². The normalized spacial score (nSPS) is 10.0. The maximum Gasteiger partial charge on any atom is 0.407 e. The molecule has 0 spiro atoms. The van der Waals surface area contributed by atoms with E-state index in [-0.39, 0.29) is 25.5 Å². The van der Waals surface area contributed by atoms with Crippen molar-refractivity contribution in [2.45, 2.75) is 19.6 Å². The number of aromatic nitrogens is 2. The van der Waals surface area contributed by atoms with E-state index in [9.17, 15) is 9.59 Å². The summed E-state index contributed by atoms with van der Waals surface area (Å²) in [6, 6.07) is 3.59. The number of amides is 1. The van der Waals surface area contributed by atoms with E-state index in [1.807, 2.05) is 6.07 Å². The van der Waals surface area contributed by atoms with Gasteiger partial charge in [-0.25, -0.2) is 9.78 Å². The summed E-state index contributed by atoms with van der Waals surface area (Å²) in [5, 5.41) is 5.05. The highest BCUT2D eigenvalue weighted by atomic mass is 32.1. The summed E-state index contributed by atoms with van der Waals surface area (Å²) in [5.74, 6) is -0.347. The molecule has 0 fully saturated rings. The zero-order valence-corrected chi connectivity index (χ0v) is 12.8. The van der Waals surface area contributed by atoms with E-state index in [1.54, 1.807) is 23.8 Å². The number of nitrogens with one attached hydrogen (secondary N) is 1. The van der Waals surface area contributed by atoms with Crippen LogP contribution in [-0.4, -0.2) is 29.1 Å². The van der Waals surface area contributed by atoms with Crippen molar-refractivity contribution >= 4 is 23.4 Å². The summed E-state index contributed by atoms with van der Waals surface area (Å²) in [6.45, 7) is 0.406. The van der Waals surface area contributed by atoms with Crippen LogP contribution in [0.1, 0.15) is 16.3 Å². The van der Waals surface area contributed by atoms with Gasteiger partial charge in [0.1, 0.15) is 11.6 Å². The van der Waals surface area contributed by atoms with E-state index >= 15 is 0 Å². The Morgan fingerprint density at radius 3 is 3.00 bits per heavy atom. The van der Waals surface area contributed by atoms with Crippen LogP contribution >= 0.6 is 11.3 Å². The van der Waals surface area contributed by atoms with Gasteiger partial charge in [0.15, 0.2) is 0 Å². The van der Waals surface area contributed by atoms with Crippen LogP contribution < -0.4 is 5.32 Å². The third-order valence-electron chi connectivity index (χ3n) is 2.63. The van der Waals surface area contributed by atoms with E-state index in [0.29, 0.717) is 10.7 Å². The van der Waals surface area contributed by atoms with Crippen LogP contribution in [0, 0.1) is 0 Å². The fraction of sp³-hybridized carbons (Fsp3) is 0.286. The van der Waals surface area contributed by atoms with Crippen molar-refractivity contribution in [3.63, 3.8) is 0 Å². The van der Waals surface area contributed by atoms with Crippen molar-refractivity contribution < 1.29 is 19.1 Å². The molecule has 7 nitrogen and oxygen atoms in total. The van der Waals surface area contributed by atoms with Gasteiger partial charge in [-0.05, 0) is 6.07 Å². The Labute approximate surface area is 131 Å². The van der Waals surface area contributed by atoms with Crippen LogP contribution in [0.5, 0.6) is 0 Å². The van der Waals surface area contributed by atoms with Crippen molar-refractivity contribution in [2.75, 3.05) is 7.11 Å². The highest BCUT2D eigenvalue weighted by molar-refractivity contribution is 7.09. The topological polar surface area (TPSA) is 90.4 Å². The molecule has 0 aliphatic carbocycles. The minimum Gasteiger partial charge on any atom is -0.469 e. The number of nitrogens with zero attached hydrogens (tertiary/aromatic N) is 2. The van der Waals surface area contributed by atoms with Gasteiger partial charge in [0, 0.05) is 23.3 Å². The molecule has 0 saturated heterocycles. The Bertz CT molecular complexity index is 630. The van der Waals surface area contributed by atoms with Crippen LogP contribution in [0.25, 0.3) is 0 Å². The van der Waals surface area contributed by atoms with Gasteiger partial charge < -0.3 is 14.8 Å². The lowest BCUT2D eigenvalue weighted by atomic mass is 10.3. The van der Waals surface area contributed by atoms with Crippen molar-refractivity contribution in [1.29, 1.82) is 0 Å². The molecule has 2 rings (SSSR count). The van der Waals surface area contributed by atoms with E-state index in [1.165, 1.54) is 18.4 Å². The number of hydrogen-bond acceptors (Lipinski definition) is 7. The van der Waals surface area contributed by atoms with Crippen LogP contribution in [0.15, 0.2) is 29.9 Å². The minimum absolute atomic E-state index is 0.123. The molecule has 0 atom stereocenters. The molecule has 0 aliphatic heterocycles. The predicted molar refractivity (Wildman–Crippen MR) is 79.1 cm³/mol. The Balaban J connectivity index is 1.73. The molecule has 0 unspecified atom stereocenters. The first-order chi connectivity index (χ1) is 10.7. The van der Waals surface area contributed by atoms with Crippen molar-refractivity contribution in [1.82, 2.24) is 15.3 Å². The van der Waals surface area contributed by atoms with E-state index in [2.05, 4.69) is 20.0 Å². The van der Waals surface area contributed by atoms with Gasteiger partial charge in [0.2, 0.25) is 0 Å². The second-order valence-corrected chi connectivity index (χ2v) is 5.22. The lowest BCUT2D eigenvalue weighted by Crippen LogP contribution is -2.23. The predicted octanol–water partition coefficient (Wildman–Crippen LogP) is 1.68. The fourth-order valence-corrected chi connectivity index (χ4v) is 2.30. The number of carbonyl (C=O) groups is 2. The summed E-state index contributed by atoms with van der Waals surface area (Å²) >= 11 is 1.36. The number of rotatable bonds is 6. The Morgan fingerprint density at radius 1 is 1.41 bits per heavy atom. The van der Waals surface area contributed by atoms with E-state index in [0.717, 1.165) is 5.56 Å². The minimum atomic E-state index is -0.534. The summed E-state index contributed by atoms with van der Waals surface area (Å²) < 4.78 is 9.62. The van der Waals surface area contributed by atoms with Gasteiger partial charge in [-0.15, -0.1) is 11.3 Å². The third-order valence-corrected chi connectivity index (χ3v) is 3.53. The molecular formula is C14H15N3O4S. The lowest BCUT2D eigenvalue weighted by molar-refractivity contribution is -0.139. The molecule has 116 valence electrons. The molecule has 0 aliphatic rings. The molecule has 0 aromatic carbocycles. The standard InChI is InChI=1S/C14H15N3O4S/c1-20-13(18)5-11-9-22-12(17-11)7-16-14(19)21-8-10-3-2-4-15-6-10/h2-4,6,9H,5,7-8H2,1H3,(H,16,19). The second kappa shape index (κ2) is 8.08. The largest absolute Gasteiger partial charge is 0.469 e. The molecule has 2 aromatic rings. The number of alkyl carbamates (subject to hydrolysis) is 1. The number of methoxy groups -OCH3 is 1. The molecule has 0 saturated carbocycles. The second-order valence-electron chi connectivity index (χ2n) is 4.28. The Kier molecular flexibility index (Phi) is 5.84. The smallest absolute Gasteiger partial charge is 0.407 e. The number of hydrogen-bond donors (Lipinski definition) is 1. The highest BCUT2D eigenvalue weighted by Crippen LogP contribution is 2.10. The average Bonchev–Trinajstić information content (AvgIpc) is 2.99. The van der Waals surface area contributed by atoms with E-state index < -0.39 is 6.09 Å². The summed E-state index contributed by atoms with van der Waals surface area (Å²) in [7, 11) is 1.33. The van der Waals surface area contributed by atoms with Gasteiger partial charge in [0.25, 0.3) is 0 Å². The molecular weight excluding hydrogens is 306 g/mol. The summed E-state index contributed by atoms with van der Waals surface area (Å²) in [4.78, 5) is 30.9. The van der Waals surface area contributed by atoms with Gasteiger partial charge in [-0.1, -0.05) is 6.07 Å². The van der Waals surface area contributed by atoms with Gasteiger partial charge in [-0.3, -0.25) is 9.78 Å². The van der Waals surface area contributed by atoms with Gasteiger partial charge in [0.05, 0.1) is 25.8 Å². The Hall–Kier alpha value is -2.48. The van der Waals surface area contributed by atoms with Crippen molar-refractivity contribution in [3.05, 3.63) is 46.2 Å². The first-order valence-corrected chi connectivity index (χ1v) is 7.35. The summed E-state index contributed by atoms with van der Waals surface area (Å²) in [5.41, 5.74) is 1.43. The number of thiazole rings is 1. The van der Waals surface area contributed by atoms with E-state index in [4.69, 9.17) is 4.74 Å². The molecule has 8 heteroatoms. The molecule has 2 heterocycles. The molecule has 2 aromatic heterocycles. The van der Waals surface area contributed by atoms with Gasteiger partial charge in [-0.2, -0.15) is 0 Å². The number of esters is 1. The number of ether oxygens (including phenoxy) is 2. The van der Waals surface area contributed by atoms with Crippen LogP contribution in [0.2, 0.25) is 0 Å². The van der Waals surface area contributed by atoms with Gasteiger partial charge >= 0.3 is 12.1 Å². The first-order valence-electron chi connectivity index (χ1n) is 6.47. The molecule has 0 bridgehead atoms. The third kappa shape index (κ3) is 5.13. The van der Waals surface area contributed by atoms with Crippen LogP contribution in [0.3, 0.4) is 0 Å². The average molecular weight is 321 g/mol. The van der Waals surface area contributed by atoms with Crippen LogP contribution in [0.4, 0.5) is 4.79 Å². The molecule has 22 heavy (non-hydrogen) atoms. The summed E-state index contributed by atoms with van der Waals surface area (Å²) in [6.07, 6.45) is 2.87. The highest BCUT2D eigenvalue weighted by Gasteiger charge is 2.09. The fourth-order valence-electron chi connectivity index (χ4n) is 1.56. The maximum atomic E-state index is 11.6. The molecule has 1 amide bonds. The van der Waals surface area contributed by atoms with Crippen LogP contribution in [-0.2, 0) is 33.8 Å². The lowest BCUT2D eigenvalue weighted by Gasteiger charge is -2.05. The first kappa shape index (κ1) is 15.9. The number of carbonyl (C=O) groups excluding carboxylic acids is 2. The quantitative estimate of drug-likeness (QED) is 0.814. The number of pyridine rings is 1.